The van der Waals surface area contributed by atoms with Crippen molar-refractivity contribution in [1.29, 1.82) is 0 Å². The first-order valence-corrected chi connectivity index (χ1v) is 5.92. The molecule has 0 radical (unpaired) electrons. The Kier molecular flexibility index (Phi) is 5.07. The van der Waals surface area contributed by atoms with E-state index in [0.717, 1.165) is 18.2 Å². The normalized spacial score (nSPS) is 12.6. The van der Waals surface area contributed by atoms with Gasteiger partial charge in [0.05, 0.1) is 11.0 Å². The fourth-order valence-corrected chi connectivity index (χ4v) is 1.60. The van der Waals surface area contributed by atoms with Crippen molar-refractivity contribution in [2.75, 3.05) is 0 Å². The molecule has 0 heterocycles. The number of rotatable bonds is 6. The summed E-state index contributed by atoms with van der Waals surface area (Å²) < 4.78 is 39.8. The second-order valence-corrected chi connectivity index (χ2v) is 4.36. The Hall–Kier alpha value is -2.38. The van der Waals surface area contributed by atoms with Crippen molar-refractivity contribution in [2.45, 2.75) is 25.3 Å². The Balaban J connectivity index is 2.92. The fraction of sp³-hybridized carbons (Fsp3) is 0.308. The second-order valence-electron chi connectivity index (χ2n) is 4.36. The predicted octanol–water partition coefficient (Wildman–Crippen LogP) is 3.12. The highest BCUT2D eigenvalue weighted by Gasteiger charge is 2.37. The maximum atomic E-state index is 13.3. The first-order chi connectivity index (χ1) is 9.69. The molecule has 114 valence electrons. The number of allylic oxidation sites excluding steroid dienone is 1. The van der Waals surface area contributed by atoms with Crippen LogP contribution in [0.5, 0.6) is 0 Å². The molecule has 0 fully saturated rings. The van der Waals surface area contributed by atoms with Crippen LogP contribution in [0.1, 0.15) is 24.9 Å². The van der Waals surface area contributed by atoms with Gasteiger partial charge in [0.15, 0.2) is 0 Å². The number of nitrogens with one attached hydrogen (secondary N) is 1. The molecule has 0 aliphatic heterocycles. The molecule has 0 saturated heterocycles. The molecule has 1 N–H and O–H groups in total. The van der Waals surface area contributed by atoms with Gasteiger partial charge in [-0.25, -0.2) is 0 Å². The van der Waals surface area contributed by atoms with Crippen molar-refractivity contribution in [3.63, 3.8) is 0 Å². The van der Waals surface area contributed by atoms with Crippen molar-refractivity contribution in [1.82, 2.24) is 5.32 Å². The van der Waals surface area contributed by atoms with Gasteiger partial charge in [-0.05, 0) is 18.6 Å². The van der Waals surface area contributed by atoms with E-state index < -0.39 is 40.7 Å². The van der Waals surface area contributed by atoms with E-state index in [0.29, 0.717) is 0 Å². The number of hydrogen-bond donors (Lipinski definition) is 1. The van der Waals surface area contributed by atoms with Crippen LogP contribution in [0.2, 0.25) is 0 Å². The molecule has 1 atom stereocenters. The lowest BCUT2D eigenvalue weighted by atomic mass is 10.1. The van der Waals surface area contributed by atoms with Crippen molar-refractivity contribution >= 4 is 11.6 Å². The molecule has 1 rings (SSSR count). The minimum atomic E-state index is -3.62. The van der Waals surface area contributed by atoms with Crippen LogP contribution in [-0.4, -0.2) is 16.8 Å². The molecule has 1 amide bonds. The molecule has 1 aromatic rings. The van der Waals surface area contributed by atoms with E-state index in [1.807, 2.05) is 5.32 Å². The molecule has 5 nitrogen and oxygen atoms in total. The third-order valence-electron chi connectivity index (χ3n) is 2.75. The van der Waals surface area contributed by atoms with Crippen LogP contribution in [0, 0.1) is 15.9 Å². The monoisotopic (exact) mass is 302 g/mol. The van der Waals surface area contributed by atoms with Gasteiger partial charge < -0.3 is 5.32 Å². The van der Waals surface area contributed by atoms with Crippen LogP contribution < -0.4 is 5.32 Å². The minimum Gasteiger partial charge on any atom is -0.344 e. The molecule has 0 aromatic heterocycles. The van der Waals surface area contributed by atoms with Crippen molar-refractivity contribution < 1.29 is 22.9 Å². The zero-order chi connectivity index (χ0) is 16.2. The Morgan fingerprint density at radius 2 is 2.19 bits per heavy atom. The Labute approximate surface area is 118 Å². The third kappa shape index (κ3) is 4.04. The number of amides is 1. The third-order valence-corrected chi connectivity index (χ3v) is 2.75. The second kappa shape index (κ2) is 6.38. The molecular formula is C13H13F3N2O3. The lowest BCUT2D eigenvalue weighted by Crippen LogP contribution is -2.40. The molecule has 21 heavy (non-hydrogen) atoms. The van der Waals surface area contributed by atoms with Crippen LogP contribution in [-0.2, 0) is 4.79 Å². The first-order valence-electron chi connectivity index (χ1n) is 5.92. The maximum absolute atomic E-state index is 13.3. The molecule has 8 heteroatoms. The molecule has 0 aliphatic rings. The van der Waals surface area contributed by atoms with E-state index in [9.17, 15) is 28.1 Å². The number of hydrogen-bond acceptors (Lipinski definition) is 3. The zero-order valence-electron chi connectivity index (χ0n) is 11.1. The Bertz CT molecular complexity index is 576. The Morgan fingerprint density at radius 3 is 2.71 bits per heavy atom. The van der Waals surface area contributed by atoms with E-state index in [4.69, 9.17) is 0 Å². The average Bonchev–Trinajstić information content (AvgIpc) is 2.38. The largest absolute Gasteiger partial charge is 0.344 e. The summed E-state index contributed by atoms with van der Waals surface area (Å²) in [6.45, 7) is 4.49. The number of benzene rings is 1. The number of carbonyl (C=O) groups excluding carboxylic acids is 1. The van der Waals surface area contributed by atoms with Gasteiger partial charge in [-0.1, -0.05) is 12.1 Å². The highest BCUT2D eigenvalue weighted by molar-refractivity contribution is 5.83. The SMILES string of the molecule is C=CCC(F)(F)C(=O)N[C@@H](C)c1ccc(F)c([N+](=O)[O-])c1. The van der Waals surface area contributed by atoms with Crippen LogP contribution in [0.15, 0.2) is 30.9 Å². The van der Waals surface area contributed by atoms with Crippen LogP contribution in [0.25, 0.3) is 0 Å². The summed E-state index contributed by atoms with van der Waals surface area (Å²) in [5, 5.41) is 12.6. The van der Waals surface area contributed by atoms with E-state index >= 15 is 0 Å². The average molecular weight is 302 g/mol. The predicted molar refractivity (Wildman–Crippen MR) is 69.4 cm³/mol. The van der Waals surface area contributed by atoms with Crippen molar-refractivity contribution in [3.05, 3.63) is 52.3 Å². The minimum absolute atomic E-state index is 0.144. The van der Waals surface area contributed by atoms with Crippen LogP contribution in [0.4, 0.5) is 18.9 Å². The van der Waals surface area contributed by atoms with Crippen LogP contribution in [0.3, 0.4) is 0 Å². The summed E-state index contributed by atoms with van der Waals surface area (Å²) in [6, 6.07) is 1.98. The molecule has 0 aliphatic carbocycles. The lowest BCUT2D eigenvalue weighted by molar-refractivity contribution is -0.387. The highest BCUT2D eigenvalue weighted by Crippen LogP contribution is 2.24. The summed E-state index contributed by atoms with van der Waals surface area (Å²) in [6.07, 6.45) is 0.0854. The number of nitro benzene ring substituents is 1. The van der Waals surface area contributed by atoms with E-state index in [-0.39, 0.29) is 5.56 Å². The molecule has 1 aromatic carbocycles. The highest BCUT2D eigenvalue weighted by atomic mass is 19.3. The van der Waals surface area contributed by atoms with E-state index in [1.54, 1.807) is 0 Å². The molecular weight excluding hydrogens is 289 g/mol. The number of nitrogens with zero attached hydrogens (tertiary/aromatic N) is 1. The van der Waals surface area contributed by atoms with Gasteiger partial charge in [0.2, 0.25) is 5.82 Å². The van der Waals surface area contributed by atoms with Gasteiger partial charge in [0.25, 0.3) is 5.91 Å². The number of nitro groups is 1. The molecule has 0 bridgehead atoms. The van der Waals surface area contributed by atoms with Gasteiger partial charge >= 0.3 is 11.6 Å². The molecule has 0 spiro atoms. The molecule has 0 saturated carbocycles. The maximum Gasteiger partial charge on any atom is 0.327 e. The van der Waals surface area contributed by atoms with Crippen molar-refractivity contribution in [2.24, 2.45) is 0 Å². The van der Waals surface area contributed by atoms with Crippen molar-refractivity contribution in [3.8, 4) is 0 Å². The summed E-state index contributed by atoms with van der Waals surface area (Å²) in [5.41, 5.74) is -0.641. The van der Waals surface area contributed by atoms with Gasteiger partial charge in [0, 0.05) is 12.5 Å². The van der Waals surface area contributed by atoms with Crippen LogP contribution >= 0.6 is 0 Å². The lowest BCUT2D eigenvalue weighted by Gasteiger charge is -2.19. The van der Waals surface area contributed by atoms with Gasteiger partial charge in [0.1, 0.15) is 0 Å². The summed E-state index contributed by atoms with van der Waals surface area (Å²) >= 11 is 0. The number of halogens is 3. The quantitative estimate of drug-likeness (QED) is 0.498. The Morgan fingerprint density at radius 1 is 1.57 bits per heavy atom. The van der Waals surface area contributed by atoms with Gasteiger partial charge in [-0.3, -0.25) is 14.9 Å². The fourth-order valence-electron chi connectivity index (χ4n) is 1.60. The number of alkyl halides is 2. The van der Waals surface area contributed by atoms with Gasteiger partial charge in [-0.2, -0.15) is 13.2 Å². The topological polar surface area (TPSA) is 72.2 Å². The zero-order valence-corrected chi connectivity index (χ0v) is 11.1. The summed E-state index contributed by atoms with van der Waals surface area (Å²) in [5.74, 6) is -6.19. The summed E-state index contributed by atoms with van der Waals surface area (Å²) in [7, 11) is 0. The standard InChI is InChI=1S/C13H13F3N2O3/c1-3-6-13(15,16)12(19)17-8(2)9-4-5-10(14)11(7-9)18(20)21/h3-5,7-8H,1,6H2,2H3,(H,17,19)/t8-/m0/s1. The first kappa shape index (κ1) is 16.7. The van der Waals surface area contributed by atoms with E-state index in [2.05, 4.69) is 6.58 Å². The van der Waals surface area contributed by atoms with Gasteiger partial charge in [-0.15, -0.1) is 6.58 Å². The smallest absolute Gasteiger partial charge is 0.327 e. The summed E-state index contributed by atoms with van der Waals surface area (Å²) in [4.78, 5) is 21.1. The van der Waals surface area contributed by atoms with E-state index in [1.165, 1.54) is 13.0 Å². The molecule has 0 unspecified atom stereocenters. The number of carbonyl (C=O) groups is 1.